The van der Waals surface area contributed by atoms with E-state index >= 15 is 0 Å². The summed E-state index contributed by atoms with van der Waals surface area (Å²) in [5.74, 6) is -0.457. The van der Waals surface area contributed by atoms with E-state index in [-0.39, 0.29) is 12.3 Å². The van der Waals surface area contributed by atoms with Gasteiger partial charge in [0.1, 0.15) is 0 Å². The summed E-state index contributed by atoms with van der Waals surface area (Å²) in [6.07, 6.45) is 1.33. The fourth-order valence-corrected chi connectivity index (χ4v) is 2.62. The molecule has 0 aliphatic heterocycles. The first-order valence-corrected chi connectivity index (χ1v) is 7.89. The number of amides is 1. The Labute approximate surface area is 118 Å². The van der Waals surface area contributed by atoms with Gasteiger partial charge in [-0.05, 0) is 24.6 Å². The number of anilines is 1. The largest absolute Gasteiger partial charge is 0.325 e. The summed E-state index contributed by atoms with van der Waals surface area (Å²) in [6.45, 7) is 1.58. The molecule has 0 fully saturated rings. The van der Waals surface area contributed by atoms with Gasteiger partial charge in [0, 0.05) is 5.69 Å². The first-order valence-electron chi connectivity index (χ1n) is 6.24. The van der Waals surface area contributed by atoms with Crippen molar-refractivity contribution < 1.29 is 13.2 Å². The molecule has 20 heavy (non-hydrogen) atoms. The third-order valence-electron chi connectivity index (χ3n) is 2.49. The van der Waals surface area contributed by atoms with E-state index in [1.54, 1.807) is 18.2 Å². The van der Waals surface area contributed by atoms with Gasteiger partial charge in [-0.2, -0.15) is 5.26 Å². The molecule has 0 bridgehead atoms. The topological polar surface area (TPSA) is 99.1 Å². The SMILES string of the molecule is CCCCS(=O)(=O)NCC(=O)Nc1cccc(C#N)c1. The highest BCUT2D eigenvalue weighted by molar-refractivity contribution is 7.89. The van der Waals surface area contributed by atoms with E-state index in [4.69, 9.17) is 5.26 Å². The van der Waals surface area contributed by atoms with Crippen molar-refractivity contribution in [2.45, 2.75) is 19.8 Å². The molecule has 1 aromatic carbocycles. The van der Waals surface area contributed by atoms with Gasteiger partial charge in [0.25, 0.3) is 0 Å². The van der Waals surface area contributed by atoms with Crippen molar-refractivity contribution in [1.82, 2.24) is 4.72 Å². The van der Waals surface area contributed by atoms with Crippen LogP contribution in [0.2, 0.25) is 0 Å². The number of nitrogens with zero attached hydrogens (tertiary/aromatic N) is 1. The molecule has 0 atom stereocenters. The van der Waals surface area contributed by atoms with Gasteiger partial charge < -0.3 is 5.32 Å². The predicted molar refractivity (Wildman–Crippen MR) is 76.5 cm³/mol. The molecule has 0 heterocycles. The number of hydrogen-bond donors (Lipinski definition) is 2. The normalized spacial score (nSPS) is 10.8. The Morgan fingerprint density at radius 3 is 2.80 bits per heavy atom. The zero-order valence-electron chi connectivity index (χ0n) is 11.2. The second-order valence-corrected chi connectivity index (χ2v) is 6.16. The molecular formula is C13H17N3O3S. The molecule has 2 N–H and O–H groups in total. The van der Waals surface area contributed by atoms with Crippen LogP contribution in [0.25, 0.3) is 0 Å². The van der Waals surface area contributed by atoms with Crippen LogP contribution in [-0.4, -0.2) is 26.6 Å². The van der Waals surface area contributed by atoms with E-state index in [1.807, 2.05) is 13.0 Å². The lowest BCUT2D eigenvalue weighted by atomic mass is 10.2. The van der Waals surface area contributed by atoms with Crippen LogP contribution in [0.3, 0.4) is 0 Å². The van der Waals surface area contributed by atoms with E-state index < -0.39 is 15.9 Å². The van der Waals surface area contributed by atoms with Gasteiger partial charge in [0.15, 0.2) is 0 Å². The molecule has 1 rings (SSSR count). The molecule has 0 spiro atoms. The number of hydrogen-bond acceptors (Lipinski definition) is 4. The van der Waals surface area contributed by atoms with Crippen LogP contribution in [-0.2, 0) is 14.8 Å². The number of carbonyl (C=O) groups is 1. The second-order valence-electron chi connectivity index (χ2n) is 4.23. The minimum atomic E-state index is -3.41. The summed E-state index contributed by atoms with van der Waals surface area (Å²) in [4.78, 5) is 11.6. The second kappa shape index (κ2) is 7.62. The van der Waals surface area contributed by atoms with Gasteiger partial charge in [-0.15, -0.1) is 0 Å². The fourth-order valence-electron chi connectivity index (χ4n) is 1.45. The molecule has 0 unspecified atom stereocenters. The number of sulfonamides is 1. The van der Waals surface area contributed by atoms with Crippen molar-refractivity contribution in [3.8, 4) is 6.07 Å². The predicted octanol–water partition coefficient (Wildman–Crippen LogP) is 1.22. The molecule has 0 radical (unpaired) electrons. The van der Waals surface area contributed by atoms with Gasteiger partial charge in [-0.3, -0.25) is 4.79 Å². The Balaban J connectivity index is 2.50. The first kappa shape index (κ1) is 16.1. The number of carbonyl (C=O) groups excluding carboxylic acids is 1. The van der Waals surface area contributed by atoms with Crippen LogP contribution >= 0.6 is 0 Å². The van der Waals surface area contributed by atoms with E-state index in [2.05, 4.69) is 10.0 Å². The minimum absolute atomic E-state index is 0.0146. The van der Waals surface area contributed by atoms with Crippen molar-refractivity contribution >= 4 is 21.6 Å². The number of nitrogens with one attached hydrogen (secondary N) is 2. The third kappa shape index (κ3) is 5.82. The molecule has 108 valence electrons. The third-order valence-corrected chi connectivity index (χ3v) is 3.90. The molecule has 7 heteroatoms. The van der Waals surface area contributed by atoms with Crippen molar-refractivity contribution in [2.24, 2.45) is 0 Å². The van der Waals surface area contributed by atoms with Crippen LogP contribution in [0.1, 0.15) is 25.3 Å². The molecule has 0 saturated heterocycles. The summed E-state index contributed by atoms with van der Waals surface area (Å²) in [6, 6.07) is 8.36. The van der Waals surface area contributed by atoms with E-state index in [1.165, 1.54) is 6.07 Å². The highest BCUT2D eigenvalue weighted by Gasteiger charge is 2.11. The monoisotopic (exact) mass is 295 g/mol. The smallest absolute Gasteiger partial charge is 0.239 e. The van der Waals surface area contributed by atoms with Gasteiger partial charge in [-0.25, -0.2) is 13.1 Å². The zero-order chi connectivity index (χ0) is 15.0. The number of unbranched alkanes of at least 4 members (excludes halogenated alkanes) is 1. The maximum absolute atomic E-state index is 11.6. The number of rotatable bonds is 7. The van der Waals surface area contributed by atoms with Gasteiger partial charge in [0.05, 0.1) is 23.9 Å². The molecule has 1 aromatic rings. The van der Waals surface area contributed by atoms with Crippen molar-refractivity contribution in [3.63, 3.8) is 0 Å². The van der Waals surface area contributed by atoms with Crippen molar-refractivity contribution in [1.29, 1.82) is 5.26 Å². The average molecular weight is 295 g/mol. The van der Waals surface area contributed by atoms with Gasteiger partial charge in [-0.1, -0.05) is 19.4 Å². The Hall–Kier alpha value is -1.91. The van der Waals surface area contributed by atoms with Gasteiger partial charge >= 0.3 is 0 Å². The lowest BCUT2D eigenvalue weighted by Gasteiger charge is -2.07. The molecule has 6 nitrogen and oxygen atoms in total. The zero-order valence-corrected chi connectivity index (χ0v) is 12.0. The lowest BCUT2D eigenvalue weighted by molar-refractivity contribution is -0.115. The van der Waals surface area contributed by atoms with Crippen molar-refractivity contribution in [3.05, 3.63) is 29.8 Å². The summed E-state index contributed by atoms with van der Waals surface area (Å²) in [5.41, 5.74) is 0.883. The summed E-state index contributed by atoms with van der Waals surface area (Å²) < 4.78 is 25.3. The summed E-state index contributed by atoms with van der Waals surface area (Å²) >= 11 is 0. The van der Waals surface area contributed by atoms with E-state index in [0.29, 0.717) is 17.7 Å². The maximum Gasteiger partial charge on any atom is 0.239 e. The Morgan fingerprint density at radius 2 is 2.15 bits per heavy atom. The Kier molecular flexibility index (Phi) is 6.15. The van der Waals surface area contributed by atoms with Crippen LogP contribution in [0.4, 0.5) is 5.69 Å². The standard InChI is InChI=1S/C13H17N3O3S/c1-2-3-7-20(18,19)15-10-13(17)16-12-6-4-5-11(8-12)9-14/h4-6,8,15H,2-3,7,10H2,1H3,(H,16,17). The van der Waals surface area contributed by atoms with Crippen LogP contribution in [0.15, 0.2) is 24.3 Å². The van der Waals surface area contributed by atoms with Crippen LogP contribution < -0.4 is 10.0 Å². The molecule has 0 aliphatic carbocycles. The minimum Gasteiger partial charge on any atom is -0.325 e. The fraction of sp³-hybridized carbons (Fsp3) is 0.385. The van der Waals surface area contributed by atoms with Crippen LogP contribution in [0.5, 0.6) is 0 Å². The highest BCUT2D eigenvalue weighted by Crippen LogP contribution is 2.09. The molecule has 1 amide bonds. The molecule has 0 saturated carbocycles. The van der Waals surface area contributed by atoms with Crippen molar-refractivity contribution in [2.75, 3.05) is 17.6 Å². The van der Waals surface area contributed by atoms with Crippen LogP contribution in [0, 0.1) is 11.3 Å². The number of benzene rings is 1. The molecule has 0 aromatic heterocycles. The first-order chi connectivity index (χ1) is 9.46. The number of nitriles is 1. The quantitative estimate of drug-likeness (QED) is 0.790. The highest BCUT2D eigenvalue weighted by atomic mass is 32.2. The van der Waals surface area contributed by atoms with Gasteiger partial charge in [0.2, 0.25) is 15.9 Å². The van der Waals surface area contributed by atoms with E-state index in [0.717, 1.165) is 6.42 Å². The average Bonchev–Trinajstić information content (AvgIpc) is 2.43. The maximum atomic E-state index is 11.6. The Bertz CT molecular complexity index is 606. The van der Waals surface area contributed by atoms with E-state index in [9.17, 15) is 13.2 Å². The Morgan fingerprint density at radius 1 is 1.40 bits per heavy atom. The lowest BCUT2D eigenvalue weighted by Crippen LogP contribution is -2.34. The summed E-state index contributed by atoms with van der Waals surface area (Å²) in [7, 11) is -3.41. The summed E-state index contributed by atoms with van der Waals surface area (Å²) in [5, 5.41) is 11.3. The molecule has 0 aliphatic rings. The molecular weight excluding hydrogens is 278 g/mol.